The maximum absolute atomic E-state index is 11.9. The summed E-state index contributed by atoms with van der Waals surface area (Å²) in [5.41, 5.74) is 2.35. The van der Waals surface area contributed by atoms with Gasteiger partial charge in [0.05, 0.1) is 21.9 Å². The molecule has 2 aromatic carbocycles. The van der Waals surface area contributed by atoms with Gasteiger partial charge in [0, 0.05) is 12.8 Å². The highest BCUT2D eigenvalue weighted by molar-refractivity contribution is 6.42. The van der Waals surface area contributed by atoms with E-state index in [-0.39, 0.29) is 5.92 Å². The van der Waals surface area contributed by atoms with Crippen LogP contribution in [0.3, 0.4) is 0 Å². The molecule has 0 radical (unpaired) electrons. The van der Waals surface area contributed by atoms with E-state index in [9.17, 15) is 4.79 Å². The van der Waals surface area contributed by atoms with E-state index < -0.39 is 12.1 Å². The minimum Gasteiger partial charge on any atom is -0.455 e. The first-order valence-electron chi connectivity index (χ1n) is 8.70. The molecule has 2 unspecified atom stereocenters. The highest BCUT2D eigenvalue weighted by Crippen LogP contribution is 2.39. The number of esters is 1. The number of allylic oxidation sites excluding steroid dienone is 1. The number of halogens is 2. The second-order valence-electron chi connectivity index (χ2n) is 6.24. The Morgan fingerprint density at radius 2 is 1.96 bits per heavy atom. The molecule has 5 nitrogen and oxygen atoms in total. The fourth-order valence-electron chi connectivity index (χ4n) is 3.09. The molecule has 0 aliphatic carbocycles. The lowest BCUT2D eigenvalue weighted by Crippen LogP contribution is -2.20. The Bertz CT molecular complexity index is 973. The Morgan fingerprint density at radius 1 is 1.21 bits per heavy atom. The molecule has 0 amide bonds. The van der Waals surface area contributed by atoms with Crippen molar-refractivity contribution >= 4 is 29.2 Å². The first-order valence-corrected chi connectivity index (χ1v) is 9.46. The molecule has 3 rings (SSSR count). The summed E-state index contributed by atoms with van der Waals surface area (Å²) in [6.45, 7) is 5.23. The highest BCUT2D eigenvalue weighted by atomic mass is 35.5. The van der Waals surface area contributed by atoms with Crippen LogP contribution in [-0.4, -0.2) is 21.0 Å². The summed E-state index contributed by atoms with van der Waals surface area (Å²) in [7, 11) is 0. The lowest BCUT2D eigenvalue weighted by Gasteiger charge is -2.27. The number of hydrogen-bond acceptors (Lipinski definition) is 4. The molecule has 0 aliphatic rings. The van der Waals surface area contributed by atoms with Gasteiger partial charge in [-0.3, -0.25) is 4.79 Å². The van der Waals surface area contributed by atoms with Crippen LogP contribution in [0.1, 0.15) is 36.6 Å². The van der Waals surface area contributed by atoms with Crippen molar-refractivity contribution in [3.05, 3.63) is 88.7 Å². The van der Waals surface area contributed by atoms with Crippen molar-refractivity contribution in [3.63, 3.8) is 0 Å². The van der Waals surface area contributed by atoms with Crippen LogP contribution in [0.25, 0.3) is 5.69 Å². The largest absolute Gasteiger partial charge is 0.455 e. The zero-order chi connectivity index (χ0) is 20.1. The van der Waals surface area contributed by atoms with Gasteiger partial charge in [-0.15, -0.1) is 11.7 Å². The van der Waals surface area contributed by atoms with E-state index in [2.05, 4.69) is 16.9 Å². The number of carbonyl (C=O) groups is 1. The number of aromatic nitrogens is 3. The molecule has 2 atom stereocenters. The molecule has 0 fully saturated rings. The number of benzene rings is 2. The van der Waals surface area contributed by atoms with Gasteiger partial charge in [-0.1, -0.05) is 58.8 Å². The predicted octanol–water partition coefficient (Wildman–Crippen LogP) is 5.54. The van der Waals surface area contributed by atoms with Crippen LogP contribution in [0.5, 0.6) is 0 Å². The summed E-state index contributed by atoms with van der Waals surface area (Å²) >= 11 is 12.3. The molecule has 0 saturated carbocycles. The van der Waals surface area contributed by atoms with Crippen molar-refractivity contribution in [3.8, 4) is 5.69 Å². The number of para-hydroxylation sites is 1. The van der Waals surface area contributed by atoms with Gasteiger partial charge in [-0.2, -0.15) is 0 Å². The van der Waals surface area contributed by atoms with Crippen LogP contribution in [0.15, 0.2) is 67.4 Å². The smallest absolute Gasteiger partial charge is 0.303 e. The van der Waals surface area contributed by atoms with Crippen molar-refractivity contribution in [2.45, 2.75) is 25.4 Å². The SMILES string of the molecule is C=CCC(c1ccc(Cl)c(Cl)c1)C(OC(C)=O)c1cnnn1-c1ccccc1. The second-order valence-corrected chi connectivity index (χ2v) is 7.06. The van der Waals surface area contributed by atoms with Crippen LogP contribution < -0.4 is 0 Å². The minimum atomic E-state index is -0.636. The van der Waals surface area contributed by atoms with Gasteiger partial charge in [0.1, 0.15) is 5.69 Å². The predicted molar refractivity (Wildman–Crippen MR) is 110 cm³/mol. The van der Waals surface area contributed by atoms with Crippen LogP contribution in [-0.2, 0) is 9.53 Å². The van der Waals surface area contributed by atoms with Crippen LogP contribution >= 0.6 is 23.2 Å². The third-order valence-corrected chi connectivity index (χ3v) is 5.06. The summed E-state index contributed by atoms with van der Waals surface area (Å²) in [6, 6.07) is 14.9. The van der Waals surface area contributed by atoms with Crippen LogP contribution in [0, 0.1) is 0 Å². The van der Waals surface area contributed by atoms with Gasteiger partial charge in [0.25, 0.3) is 0 Å². The molecule has 0 aliphatic heterocycles. The zero-order valence-corrected chi connectivity index (χ0v) is 16.8. The first-order chi connectivity index (χ1) is 13.5. The molecule has 0 bridgehead atoms. The molecule has 28 heavy (non-hydrogen) atoms. The van der Waals surface area contributed by atoms with Crippen molar-refractivity contribution in [1.82, 2.24) is 15.0 Å². The van der Waals surface area contributed by atoms with Gasteiger partial charge >= 0.3 is 5.97 Å². The fourth-order valence-corrected chi connectivity index (χ4v) is 3.40. The molecular formula is C21H19Cl2N3O2. The average molecular weight is 416 g/mol. The van der Waals surface area contributed by atoms with Gasteiger partial charge in [0.15, 0.2) is 6.10 Å². The van der Waals surface area contributed by atoms with Gasteiger partial charge in [-0.05, 0) is 36.2 Å². The summed E-state index contributed by atoms with van der Waals surface area (Å²) in [4.78, 5) is 11.9. The molecule has 0 N–H and O–H groups in total. The summed E-state index contributed by atoms with van der Waals surface area (Å²) in [6.07, 6.45) is 3.30. The fraction of sp³-hybridized carbons (Fsp3) is 0.190. The topological polar surface area (TPSA) is 57.0 Å². The van der Waals surface area contributed by atoms with Crippen molar-refractivity contribution in [1.29, 1.82) is 0 Å². The van der Waals surface area contributed by atoms with E-state index in [1.165, 1.54) is 6.92 Å². The van der Waals surface area contributed by atoms with Crippen molar-refractivity contribution in [2.75, 3.05) is 0 Å². The summed E-state index contributed by atoms with van der Waals surface area (Å²) < 4.78 is 7.40. The lowest BCUT2D eigenvalue weighted by molar-refractivity contribution is -0.148. The number of nitrogens with zero attached hydrogens (tertiary/aromatic N) is 3. The monoisotopic (exact) mass is 415 g/mol. The lowest BCUT2D eigenvalue weighted by atomic mass is 9.88. The number of carbonyl (C=O) groups excluding carboxylic acids is 1. The molecule has 1 heterocycles. The van der Waals surface area contributed by atoms with E-state index in [0.29, 0.717) is 22.2 Å². The van der Waals surface area contributed by atoms with Crippen molar-refractivity contribution in [2.24, 2.45) is 0 Å². The van der Waals surface area contributed by atoms with E-state index in [1.54, 1.807) is 29.1 Å². The Morgan fingerprint density at radius 3 is 2.61 bits per heavy atom. The molecule has 0 spiro atoms. The van der Waals surface area contributed by atoms with Crippen LogP contribution in [0.4, 0.5) is 0 Å². The third kappa shape index (κ3) is 4.43. The maximum atomic E-state index is 11.9. The van der Waals surface area contributed by atoms with Gasteiger partial charge < -0.3 is 4.74 Å². The van der Waals surface area contributed by atoms with Gasteiger partial charge in [-0.25, -0.2) is 4.68 Å². The molecule has 7 heteroatoms. The van der Waals surface area contributed by atoms with E-state index in [0.717, 1.165) is 11.3 Å². The Balaban J connectivity index is 2.10. The Hall–Kier alpha value is -2.63. The second kappa shape index (κ2) is 9.04. The third-order valence-electron chi connectivity index (χ3n) is 4.32. The van der Waals surface area contributed by atoms with E-state index in [1.807, 2.05) is 36.4 Å². The molecule has 144 valence electrons. The molecule has 1 aromatic heterocycles. The molecular weight excluding hydrogens is 397 g/mol. The summed E-state index contributed by atoms with van der Waals surface area (Å²) in [5, 5.41) is 9.12. The standard InChI is InChI=1S/C21H19Cl2N3O2/c1-3-7-17(15-10-11-18(22)19(23)12-15)21(28-14(2)27)20-13-24-25-26(20)16-8-5-4-6-9-16/h3-6,8-13,17,21H,1,7H2,2H3. The molecule has 0 saturated heterocycles. The normalized spacial score (nSPS) is 13.0. The number of rotatable bonds is 7. The maximum Gasteiger partial charge on any atom is 0.303 e. The quantitative estimate of drug-likeness (QED) is 0.375. The van der Waals surface area contributed by atoms with E-state index >= 15 is 0 Å². The first kappa shape index (κ1) is 20.1. The number of ether oxygens (including phenoxy) is 1. The highest BCUT2D eigenvalue weighted by Gasteiger charge is 2.31. The summed E-state index contributed by atoms with van der Waals surface area (Å²) in [5.74, 6) is -0.642. The number of hydrogen-bond donors (Lipinski definition) is 0. The average Bonchev–Trinajstić information content (AvgIpc) is 3.17. The Labute approximate surface area is 173 Å². The molecule has 3 aromatic rings. The van der Waals surface area contributed by atoms with Crippen molar-refractivity contribution < 1.29 is 9.53 Å². The van der Waals surface area contributed by atoms with Crippen LogP contribution in [0.2, 0.25) is 10.0 Å². The van der Waals surface area contributed by atoms with E-state index in [4.69, 9.17) is 27.9 Å². The zero-order valence-electron chi connectivity index (χ0n) is 15.3. The minimum absolute atomic E-state index is 0.239. The Kier molecular flexibility index (Phi) is 6.49. The van der Waals surface area contributed by atoms with Gasteiger partial charge in [0.2, 0.25) is 0 Å².